The second-order valence-corrected chi connectivity index (χ2v) is 13.8. The van der Waals surface area contributed by atoms with Gasteiger partial charge in [-0.05, 0) is 112 Å². The van der Waals surface area contributed by atoms with Gasteiger partial charge < -0.3 is 14.4 Å². The summed E-state index contributed by atoms with van der Waals surface area (Å²) in [5.41, 5.74) is 9.07. The van der Waals surface area contributed by atoms with E-state index in [1.54, 1.807) is 0 Å². The lowest BCUT2D eigenvalue weighted by Crippen LogP contribution is -2.30. The Bertz CT molecular complexity index is 1680. The molecule has 1 fully saturated rings. The number of nitrogens with zero attached hydrogens (tertiary/aromatic N) is 3. The maximum Gasteiger partial charge on any atom is 0.260 e. The van der Waals surface area contributed by atoms with E-state index in [-0.39, 0.29) is 29.8 Å². The van der Waals surface area contributed by atoms with Crippen molar-refractivity contribution in [3.05, 3.63) is 101 Å². The lowest BCUT2D eigenvalue weighted by atomic mass is 9.82. The van der Waals surface area contributed by atoms with E-state index in [4.69, 9.17) is 14.5 Å². The van der Waals surface area contributed by atoms with Gasteiger partial charge in [0.15, 0.2) is 5.78 Å². The van der Waals surface area contributed by atoms with Crippen molar-refractivity contribution in [3.63, 3.8) is 0 Å². The van der Waals surface area contributed by atoms with Crippen molar-refractivity contribution >= 4 is 22.3 Å². The minimum atomic E-state index is -0.202. The number of fused-ring (bicyclic) bond motifs is 1. The summed E-state index contributed by atoms with van der Waals surface area (Å²) in [6.45, 7) is 11.6. The Morgan fingerprint density at radius 3 is 2.81 bits per heavy atom. The Morgan fingerprint density at radius 2 is 2.04 bits per heavy atom. The number of allylic oxidation sites excluding steroid dienone is 4. The highest BCUT2D eigenvalue weighted by Gasteiger charge is 2.33. The first kappa shape index (κ1) is 35.3. The molecule has 3 aliphatic heterocycles. The number of likely N-dealkylation sites (tertiary alicyclic amines) is 1. The molecular formula is C42H51N3O3. The van der Waals surface area contributed by atoms with E-state index in [9.17, 15) is 10.1 Å². The fraction of sp³-hybridized carbons (Fsp3) is 0.476. The monoisotopic (exact) mass is 645 g/mol. The number of carbonyl (C=O) groups excluding carboxylic acids is 1. The van der Waals surface area contributed by atoms with Gasteiger partial charge in [0.2, 0.25) is 0 Å². The molecule has 0 N–H and O–H groups in total. The quantitative estimate of drug-likeness (QED) is 0.151. The molecular weight excluding hydrogens is 594 g/mol. The SMILES string of the molecule is C=CC(=O)C(C)CC/C=C(/CC[C@@H](C)CC#N)C1=NC(OC[C@@H]2CCCN2C)=C=CCC2=C1[C@H](C)O[C@H](c1cccc3ccccc13)C2. The molecule has 3 heterocycles. The van der Waals surface area contributed by atoms with Crippen molar-refractivity contribution in [2.24, 2.45) is 16.8 Å². The molecule has 2 aromatic carbocycles. The van der Waals surface area contributed by atoms with Crippen LogP contribution in [0.2, 0.25) is 0 Å². The zero-order chi connectivity index (χ0) is 34.0. The molecule has 5 atom stereocenters. The molecule has 0 saturated carbocycles. The van der Waals surface area contributed by atoms with Crippen molar-refractivity contribution in [1.82, 2.24) is 4.90 Å². The number of ether oxygens (including phenoxy) is 2. The summed E-state index contributed by atoms with van der Waals surface area (Å²) in [7, 11) is 2.16. The van der Waals surface area contributed by atoms with Gasteiger partial charge in [0, 0.05) is 24.0 Å². The standard InChI is InChI=1S/C42H51N3O3/c1-6-38(46)30(3)13-9-16-33(23-22-29(2)24-25-43)42-41-31(4)48-39(37-20-10-15-32-14-7-8-19-36(32)37)27-34(41)17-11-21-40(44-42)47-28-35-18-12-26-45(35)5/h6-8,10-11,14-16,19-20,29-31,35,39H,1,9,12-13,17-18,22-24,26-28H2,2-5H3/b33-16-,44-42?/t21?,29-,30?,31+,35+,39+/m1/s1. The second-order valence-electron chi connectivity index (χ2n) is 13.8. The van der Waals surface area contributed by atoms with Gasteiger partial charge in [0.1, 0.15) is 6.61 Å². The Hall–Kier alpha value is -4.01. The third-order valence-corrected chi connectivity index (χ3v) is 10.2. The van der Waals surface area contributed by atoms with Gasteiger partial charge >= 0.3 is 0 Å². The number of benzene rings is 2. The van der Waals surface area contributed by atoms with E-state index in [1.807, 2.05) is 6.92 Å². The van der Waals surface area contributed by atoms with E-state index in [0.717, 1.165) is 68.3 Å². The van der Waals surface area contributed by atoms with Gasteiger partial charge in [-0.15, -0.1) is 0 Å². The highest BCUT2D eigenvalue weighted by Crippen LogP contribution is 2.41. The first-order valence-corrected chi connectivity index (χ1v) is 17.7. The van der Waals surface area contributed by atoms with Crippen LogP contribution in [0.15, 0.2) is 101 Å². The van der Waals surface area contributed by atoms with Crippen molar-refractivity contribution < 1.29 is 14.3 Å². The molecule has 48 heavy (non-hydrogen) atoms. The van der Waals surface area contributed by atoms with E-state index < -0.39 is 0 Å². The normalized spacial score (nSPS) is 23.0. The molecule has 0 aromatic heterocycles. The number of rotatable bonds is 14. The molecule has 0 amide bonds. The number of likely N-dealkylation sites (N-methyl/N-ethyl adjacent to an activating group) is 1. The van der Waals surface area contributed by atoms with E-state index in [1.165, 1.54) is 34.4 Å². The van der Waals surface area contributed by atoms with Crippen LogP contribution in [0.3, 0.4) is 0 Å². The molecule has 1 unspecified atom stereocenters. The molecule has 0 spiro atoms. The Labute approximate surface area is 287 Å². The first-order valence-electron chi connectivity index (χ1n) is 17.7. The van der Waals surface area contributed by atoms with E-state index >= 15 is 0 Å². The lowest BCUT2D eigenvalue weighted by molar-refractivity contribution is -0.117. The van der Waals surface area contributed by atoms with Crippen LogP contribution in [-0.4, -0.2) is 48.7 Å². The zero-order valence-electron chi connectivity index (χ0n) is 29.2. The van der Waals surface area contributed by atoms with Crippen LogP contribution < -0.4 is 0 Å². The molecule has 0 aliphatic carbocycles. The van der Waals surface area contributed by atoms with Crippen molar-refractivity contribution in [3.8, 4) is 6.07 Å². The minimum Gasteiger partial charge on any atom is -0.470 e. The maximum atomic E-state index is 12.3. The number of hydrogen-bond acceptors (Lipinski definition) is 6. The number of ketones is 1. The molecule has 3 aliphatic rings. The Morgan fingerprint density at radius 1 is 1.23 bits per heavy atom. The summed E-state index contributed by atoms with van der Waals surface area (Å²) in [5.74, 6) is 0.721. The molecule has 1 saturated heterocycles. The number of hydrogen-bond donors (Lipinski definition) is 0. The molecule has 5 rings (SSSR count). The number of carbonyl (C=O) groups is 1. The summed E-state index contributed by atoms with van der Waals surface area (Å²) in [5, 5.41) is 11.8. The van der Waals surface area contributed by atoms with E-state index in [0.29, 0.717) is 25.0 Å². The predicted molar refractivity (Wildman–Crippen MR) is 194 cm³/mol. The van der Waals surface area contributed by atoms with E-state index in [2.05, 4.69) is 98.8 Å². The predicted octanol–water partition coefficient (Wildman–Crippen LogP) is 9.37. The van der Waals surface area contributed by atoms with Gasteiger partial charge in [-0.3, -0.25) is 4.79 Å². The second kappa shape index (κ2) is 16.9. The van der Waals surface area contributed by atoms with Crippen molar-refractivity contribution in [2.45, 2.75) is 96.8 Å². The fourth-order valence-electron chi connectivity index (χ4n) is 7.22. The van der Waals surface area contributed by atoms with Crippen LogP contribution in [0.1, 0.15) is 90.2 Å². The van der Waals surface area contributed by atoms with Crippen LogP contribution in [0.4, 0.5) is 0 Å². The Balaban J connectivity index is 1.54. The largest absolute Gasteiger partial charge is 0.470 e. The molecule has 252 valence electrons. The van der Waals surface area contributed by atoms with Crippen LogP contribution in [0.5, 0.6) is 0 Å². The van der Waals surface area contributed by atoms with Gasteiger partial charge in [-0.2, -0.15) is 5.26 Å². The van der Waals surface area contributed by atoms with Gasteiger partial charge in [-0.25, -0.2) is 4.99 Å². The van der Waals surface area contributed by atoms with Crippen LogP contribution in [0.25, 0.3) is 10.8 Å². The summed E-state index contributed by atoms with van der Waals surface area (Å²) >= 11 is 0. The van der Waals surface area contributed by atoms with Gasteiger partial charge in [0.25, 0.3) is 5.88 Å². The summed E-state index contributed by atoms with van der Waals surface area (Å²) in [4.78, 5) is 19.9. The summed E-state index contributed by atoms with van der Waals surface area (Å²) in [6, 6.07) is 17.7. The minimum absolute atomic E-state index is 0.0651. The van der Waals surface area contributed by atoms with Crippen LogP contribution >= 0.6 is 0 Å². The van der Waals surface area contributed by atoms with Gasteiger partial charge in [0.05, 0.1) is 24.0 Å². The highest BCUT2D eigenvalue weighted by atomic mass is 16.5. The summed E-state index contributed by atoms with van der Waals surface area (Å²) < 4.78 is 13.3. The van der Waals surface area contributed by atoms with Crippen LogP contribution in [-0.2, 0) is 14.3 Å². The van der Waals surface area contributed by atoms with Crippen LogP contribution in [0, 0.1) is 23.2 Å². The summed E-state index contributed by atoms with van der Waals surface area (Å²) in [6.07, 6.45) is 12.9. The lowest BCUT2D eigenvalue weighted by Gasteiger charge is -2.35. The highest BCUT2D eigenvalue weighted by molar-refractivity contribution is 6.14. The average Bonchev–Trinajstić information content (AvgIpc) is 3.50. The fourth-order valence-corrected chi connectivity index (χ4v) is 7.22. The Kier molecular flexibility index (Phi) is 12.4. The average molecular weight is 646 g/mol. The molecule has 0 radical (unpaired) electrons. The topological polar surface area (TPSA) is 74.9 Å². The zero-order valence-corrected chi connectivity index (χ0v) is 29.2. The third-order valence-electron chi connectivity index (χ3n) is 10.2. The van der Waals surface area contributed by atoms with Gasteiger partial charge in [-0.1, -0.05) is 80.3 Å². The first-order chi connectivity index (χ1) is 23.3. The number of aliphatic imine (C=N–C) groups is 1. The molecule has 2 aromatic rings. The molecule has 6 nitrogen and oxygen atoms in total. The molecule has 6 heteroatoms. The molecule has 0 bridgehead atoms. The smallest absolute Gasteiger partial charge is 0.260 e. The van der Waals surface area contributed by atoms with Crippen molar-refractivity contribution in [1.29, 1.82) is 5.26 Å². The van der Waals surface area contributed by atoms with Crippen molar-refractivity contribution in [2.75, 3.05) is 20.2 Å². The number of nitriles is 1. The maximum absolute atomic E-state index is 12.3. The third kappa shape index (κ3) is 8.71.